The third-order valence-corrected chi connectivity index (χ3v) is 5.06. The summed E-state index contributed by atoms with van der Waals surface area (Å²) in [5, 5.41) is 3.42. The van der Waals surface area contributed by atoms with Gasteiger partial charge in [-0.15, -0.1) is 0 Å². The third-order valence-electron chi connectivity index (χ3n) is 5.06. The highest BCUT2D eigenvalue weighted by Crippen LogP contribution is 2.40. The molecule has 0 unspecified atom stereocenters. The molecule has 1 heterocycles. The summed E-state index contributed by atoms with van der Waals surface area (Å²) in [6.45, 7) is 4.33. The molecule has 8 heteroatoms. The van der Waals surface area contributed by atoms with Crippen LogP contribution in [0.15, 0.2) is 42.6 Å². The maximum absolute atomic E-state index is 5.59. The van der Waals surface area contributed by atoms with Gasteiger partial charge in [0.25, 0.3) is 0 Å². The molecule has 0 radical (unpaired) electrons. The minimum Gasteiger partial charge on any atom is -0.494 e. The molecule has 0 fully saturated rings. The van der Waals surface area contributed by atoms with E-state index in [2.05, 4.69) is 14.9 Å². The van der Waals surface area contributed by atoms with Gasteiger partial charge in [-0.2, -0.15) is 0 Å². The fourth-order valence-electron chi connectivity index (χ4n) is 3.52. The zero-order valence-corrected chi connectivity index (χ0v) is 19.3. The van der Waals surface area contributed by atoms with Crippen molar-refractivity contribution in [3.05, 3.63) is 48.2 Å². The van der Waals surface area contributed by atoms with E-state index in [4.69, 9.17) is 23.7 Å². The molecule has 0 aliphatic heterocycles. The van der Waals surface area contributed by atoms with E-state index in [1.165, 1.54) is 0 Å². The summed E-state index contributed by atoms with van der Waals surface area (Å²) in [6, 6.07) is 11.8. The number of nitrogens with one attached hydrogen (secondary N) is 1. The minimum atomic E-state index is 0.496. The lowest BCUT2D eigenvalue weighted by Gasteiger charge is -2.17. The summed E-state index contributed by atoms with van der Waals surface area (Å²) in [4.78, 5) is 4.62. The van der Waals surface area contributed by atoms with Gasteiger partial charge in [0.2, 0.25) is 11.7 Å². The lowest BCUT2D eigenvalue weighted by atomic mass is 10.1. The van der Waals surface area contributed by atoms with Crippen LogP contribution in [-0.2, 0) is 17.8 Å². The first kappa shape index (κ1) is 23.3. The van der Waals surface area contributed by atoms with Gasteiger partial charge < -0.3 is 33.6 Å². The molecule has 32 heavy (non-hydrogen) atoms. The van der Waals surface area contributed by atoms with Crippen LogP contribution in [-0.4, -0.2) is 51.2 Å². The average Bonchev–Trinajstić information content (AvgIpc) is 3.23. The number of aromatic nitrogens is 2. The van der Waals surface area contributed by atoms with Crippen molar-refractivity contribution in [2.45, 2.75) is 20.0 Å². The van der Waals surface area contributed by atoms with Crippen molar-refractivity contribution < 1.29 is 23.7 Å². The summed E-state index contributed by atoms with van der Waals surface area (Å²) in [5.74, 6) is 3.39. The second kappa shape index (κ2) is 11.3. The molecule has 0 bridgehead atoms. The monoisotopic (exact) mass is 441 g/mol. The number of hydrogen-bond acceptors (Lipinski definition) is 7. The third kappa shape index (κ3) is 5.08. The van der Waals surface area contributed by atoms with Gasteiger partial charge in [0.15, 0.2) is 11.5 Å². The maximum atomic E-state index is 5.59. The van der Waals surface area contributed by atoms with Crippen LogP contribution in [0.1, 0.15) is 12.5 Å². The van der Waals surface area contributed by atoms with Gasteiger partial charge in [-0.25, -0.2) is 4.98 Å². The Hall–Kier alpha value is -3.39. The quantitative estimate of drug-likeness (QED) is 0.451. The molecule has 1 aromatic heterocycles. The van der Waals surface area contributed by atoms with Crippen LogP contribution < -0.4 is 24.3 Å². The Morgan fingerprint density at radius 1 is 0.906 bits per heavy atom. The van der Waals surface area contributed by atoms with Gasteiger partial charge in [0.1, 0.15) is 5.75 Å². The zero-order valence-electron chi connectivity index (χ0n) is 19.3. The first-order valence-corrected chi connectivity index (χ1v) is 10.5. The molecule has 0 atom stereocenters. The van der Waals surface area contributed by atoms with E-state index < -0.39 is 0 Å². The van der Waals surface area contributed by atoms with Crippen molar-refractivity contribution in [1.82, 2.24) is 9.55 Å². The van der Waals surface area contributed by atoms with Crippen molar-refractivity contribution in [2.24, 2.45) is 0 Å². The summed E-state index contributed by atoms with van der Waals surface area (Å²) < 4.78 is 29.4. The number of benzene rings is 2. The minimum absolute atomic E-state index is 0.496. The van der Waals surface area contributed by atoms with Gasteiger partial charge in [-0.05, 0) is 43.3 Å². The Balaban J connectivity index is 1.87. The number of imidazole rings is 1. The molecule has 3 rings (SSSR count). The summed E-state index contributed by atoms with van der Waals surface area (Å²) in [6.07, 6.45) is 1.86. The van der Waals surface area contributed by atoms with Crippen molar-refractivity contribution in [3.8, 4) is 34.3 Å². The van der Waals surface area contributed by atoms with Gasteiger partial charge >= 0.3 is 0 Å². The fourth-order valence-corrected chi connectivity index (χ4v) is 3.52. The van der Waals surface area contributed by atoms with Gasteiger partial charge in [-0.1, -0.05) is 0 Å². The largest absolute Gasteiger partial charge is 0.494 e. The fraction of sp³-hybridized carbons (Fsp3) is 0.375. The van der Waals surface area contributed by atoms with Crippen LogP contribution in [0, 0.1) is 0 Å². The molecule has 0 spiro atoms. The zero-order chi connectivity index (χ0) is 22.9. The van der Waals surface area contributed by atoms with Crippen LogP contribution in [0.5, 0.6) is 23.0 Å². The Kier molecular flexibility index (Phi) is 8.21. The SMILES string of the molecule is CCOc1ccc(-c2cnc(NCc3ccc(OC)c(OC)c3OC)n2CCOC)cc1. The number of ether oxygens (including phenoxy) is 5. The molecular formula is C24H31N3O5. The Labute approximate surface area is 189 Å². The number of hydrogen-bond donors (Lipinski definition) is 1. The second-order valence-corrected chi connectivity index (χ2v) is 6.92. The van der Waals surface area contributed by atoms with Crippen molar-refractivity contribution in [1.29, 1.82) is 0 Å². The maximum Gasteiger partial charge on any atom is 0.203 e. The van der Waals surface area contributed by atoms with E-state index in [0.29, 0.717) is 43.6 Å². The lowest BCUT2D eigenvalue weighted by Crippen LogP contribution is -2.12. The summed E-state index contributed by atoms with van der Waals surface area (Å²) >= 11 is 0. The smallest absolute Gasteiger partial charge is 0.203 e. The highest BCUT2D eigenvalue weighted by Gasteiger charge is 2.17. The van der Waals surface area contributed by atoms with Crippen LogP contribution >= 0.6 is 0 Å². The topological polar surface area (TPSA) is 76.0 Å². The normalized spacial score (nSPS) is 10.7. The standard InChI is InChI=1S/C24H31N3O5/c1-6-32-19-10-7-17(8-11-19)20-16-26-24(27(20)13-14-28-2)25-15-18-9-12-21(29-3)23(31-5)22(18)30-4/h7-12,16H,6,13-15H2,1-5H3,(H,25,26). The molecule has 172 valence electrons. The van der Waals surface area contributed by atoms with Crippen molar-refractivity contribution in [3.63, 3.8) is 0 Å². The van der Waals surface area contributed by atoms with Crippen LogP contribution in [0.4, 0.5) is 5.95 Å². The Morgan fingerprint density at radius 3 is 2.28 bits per heavy atom. The summed E-state index contributed by atoms with van der Waals surface area (Å²) in [7, 11) is 6.50. The lowest BCUT2D eigenvalue weighted by molar-refractivity contribution is 0.188. The van der Waals surface area contributed by atoms with E-state index in [9.17, 15) is 0 Å². The van der Waals surface area contributed by atoms with Crippen molar-refractivity contribution in [2.75, 3.05) is 47.0 Å². The predicted molar refractivity (Wildman–Crippen MR) is 124 cm³/mol. The molecule has 1 N–H and O–H groups in total. The van der Waals surface area contributed by atoms with E-state index in [0.717, 1.165) is 28.5 Å². The Bertz CT molecular complexity index is 1000. The van der Waals surface area contributed by atoms with Crippen LogP contribution in [0.25, 0.3) is 11.3 Å². The molecule has 0 saturated heterocycles. The molecule has 0 saturated carbocycles. The summed E-state index contributed by atoms with van der Waals surface area (Å²) in [5.41, 5.74) is 2.97. The van der Waals surface area contributed by atoms with Gasteiger partial charge in [-0.3, -0.25) is 0 Å². The molecule has 3 aromatic rings. The van der Waals surface area contributed by atoms with E-state index >= 15 is 0 Å². The van der Waals surface area contributed by atoms with Crippen LogP contribution in [0.2, 0.25) is 0 Å². The number of methoxy groups -OCH3 is 4. The van der Waals surface area contributed by atoms with E-state index in [1.807, 2.05) is 49.5 Å². The number of rotatable bonds is 12. The van der Waals surface area contributed by atoms with Crippen molar-refractivity contribution >= 4 is 5.95 Å². The second-order valence-electron chi connectivity index (χ2n) is 6.92. The average molecular weight is 442 g/mol. The molecule has 2 aromatic carbocycles. The van der Waals surface area contributed by atoms with Gasteiger partial charge in [0.05, 0.1) is 46.4 Å². The first-order valence-electron chi connectivity index (χ1n) is 10.5. The van der Waals surface area contributed by atoms with Gasteiger partial charge in [0, 0.05) is 31.3 Å². The molecule has 0 aliphatic carbocycles. The number of anilines is 1. The molecule has 0 amide bonds. The Morgan fingerprint density at radius 2 is 1.66 bits per heavy atom. The molecular weight excluding hydrogens is 410 g/mol. The highest BCUT2D eigenvalue weighted by atomic mass is 16.5. The van der Waals surface area contributed by atoms with Crippen LogP contribution in [0.3, 0.4) is 0 Å². The molecule has 0 aliphatic rings. The van der Waals surface area contributed by atoms with E-state index in [1.54, 1.807) is 28.4 Å². The number of nitrogens with zero attached hydrogens (tertiary/aromatic N) is 2. The van der Waals surface area contributed by atoms with E-state index in [-0.39, 0.29) is 0 Å². The highest BCUT2D eigenvalue weighted by molar-refractivity contribution is 5.63. The first-order chi connectivity index (χ1) is 15.7. The molecule has 8 nitrogen and oxygen atoms in total. The predicted octanol–water partition coefficient (Wildman–Crippen LogP) is 4.23.